The number of hydrogen-bond acceptors (Lipinski definition) is 3. The first kappa shape index (κ1) is 10.9. The highest BCUT2D eigenvalue weighted by Crippen LogP contribution is 2.30. The molecule has 3 N–H and O–H groups in total. The summed E-state index contributed by atoms with van der Waals surface area (Å²) >= 11 is 0. The van der Waals surface area contributed by atoms with Gasteiger partial charge in [0, 0.05) is 12.7 Å². The van der Waals surface area contributed by atoms with Crippen LogP contribution < -0.4 is 10.9 Å². The van der Waals surface area contributed by atoms with E-state index in [2.05, 4.69) is 10.3 Å². The van der Waals surface area contributed by atoms with Gasteiger partial charge in [0.25, 0.3) is 11.5 Å². The largest absolute Gasteiger partial charge is 0.388 e. The topological polar surface area (TPSA) is 82.2 Å². The molecule has 0 saturated heterocycles. The summed E-state index contributed by atoms with van der Waals surface area (Å²) in [5, 5.41) is 12.3. The third-order valence-electron chi connectivity index (χ3n) is 2.93. The van der Waals surface area contributed by atoms with Crippen molar-refractivity contribution in [1.29, 1.82) is 0 Å². The number of carbonyl (C=O) groups excluding carboxylic acids is 1. The van der Waals surface area contributed by atoms with E-state index in [1.165, 1.54) is 12.3 Å². The minimum Gasteiger partial charge on any atom is -0.388 e. The van der Waals surface area contributed by atoms with Crippen molar-refractivity contribution in [3.05, 3.63) is 34.2 Å². The van der Waals surface area contributed by atoms with Crippen LogP contribution in [0.4, 0.5) is 0 Å². The van der Waals surface area contributed by atoms with E-state index in [1.807, 2.05) is 0 Å². The van der Waals surface area contributed by atoms with Gasteiger partial charge in [-0.25, -0.2) is 0 Å². The molecule has 1 aliphatic carbocycles. The van der Waals surface area contributed by atoms with Crippen molar-refractivity contribution < 1.29 is 9.90 Å². The second kappa shape index (κ2) is 4.09. The van der Waals surface area contributed by atoms with Gasteiger partial charge in [-0.2, -0.15) is 0 Å². The molecule has 0 aliphatic heterocycles. The molecule has 0 aromatic carbocycles. The van der Waals surface area contributed by atoms with Crippen LogP contribution in [-0.2, 0) is 0 Å². The number of amides is 1. The monoisotopic (exact) mass is 222 g/mol. The fourth-order valence-electron chi connectivity index (χ4n) is 1.70. The van der Waals surface area contributed by atoms with E-state index < -0.39 is 17.1 Å². The van der Waals surface area contributed by atoms with E-state index in [9.17, 15) is 14.7 Å². The summed E-state index contributed by atoms with van der Waals surface area (Å²) in [7, 11) is 0. The summed E-state index contributed by atoms with van der Waals surface area (Å²) in [6.45, 7) is 0.208. The van der Waals surface area contributed by atoms with Crippen molar-refractivity contribution in [3.8, 4) is 0 Å². The van der Waals surface area contributed by atoms with Crippen LogP contribution in [0, 0.1) is 0 Å². The van der Waals surface area contributed by atoms with Crippen LogP contribution in [0.3, 0.4) is 0 Å². The predicted octanol–water partition coefficient (Wildman–Crippen LogP) is 0.0197. The predicted molar refractivity (Wildman–Crippen MR) is 58.2 cm³/mol. The Bertz CT molecular complexity index is 449. The Kier molecular flexibility index (Phi) is 2.78. The molecule has 0 unspecified atom stereocenters. The number of rotatable bonds is 3. The first-order valence-corrected chi connectivity index (χ1v) is 5.29. The minimum atomic E-state index is -0.767. The fourth-order valence-corrected chi connectivity index (χ4v) is 1.70. The van der Waals surface area contributed by atoms with Crippen molar-refractivity contribution in [2.75, 3.05) is 6.54 Å². The molecule has 1 saturated carbocycles. The summed E-state index contributed by atoms with van der Waals surface area (Å²) in [6, 6.07) is 3.05. The summed E-state index contributed by atoms with van der Waals surface area (Å²) in [5.74, 6) is -0.442. The zero-order valence-electron chi connectivity index (χ0n) is 8.82. The Morgan fingerprint density at radius 2 is 2.31 bits per heavy atom. The minimum absolute atomic E-state index is 0.0745. The molecule has 86 valence electrons. The molecule has 0 radical (unpaired) electrons. The highest BCUT2D eigenvalue weighted by Gasteiger charge is 2.34. The van der Waals surface area contributed by atoms with Gasteiger partial charge >= 0.3 is 0 Å². The first-order chi connectivity index (χ1) is 7.61. The molecule has 5 heteroatoms. The third-order valence-corrected chi connectivity index (χ3v) is 2.93. The van der Waals surface area contributed by atoms with Gasteiger partial charge in [-0.1, -0.05) is 0 Å². The smallest absolute Gasteiger partial charge is 0.260 e. The highest BCUT2D eigenvalue weighted by atomic mass is 16.3. The van der Waals surface area contributed by atoms with Crippen molar-refractivity contribution >= 4 is 5.91 Å². The number of aliphatic hydroxyl groups is 1. The van der Waals surface area contributed by atoms with Crippen molar-refractivity contribution in [1.82, 2.24) is 10.3 Å². The number of hydrogen-bond donors (Lipinski definition) is 3. The van der Waals surface area contributed by atoms with Crippen molar-refractivity contribution in [2.24, 2.45) is 0 Å². The van der Waals surface area contributed by atoms with Crippen LogP contribution in [0.5, 0.6) is 0 Å². The van der Waals surface area contributed by atoms with E-state index in [0.29, 0.717) is 12.8 Å². The zero-order valence-corrected chi connectivity index (χ0v) is 8.82. The van der Waals surface area contributed by atoms with E-state index in [0.717, 1.165) is 6.42 Å². The molecule has 0 atom stereocenters. The lowest BCUT2D eigenvalue weighted by molar-refractivity contribution is -0.0300. The number of carbonyl (C=O) groups is 1. The Labute approximate surface area is 92.5 Å². The van der Waals surface area contributed by atoms with Crippen LogP contribution in [0.15, 0.2) is 23.1 Å². The lowest BCUT2D eigenvalue weighted by Crippen LogP contribution is -2.48. The lowest BCUT2D eigenvalue weighted by Gasteiger charge is -2.36. The number of nitrogens with one attached hydrogen (secondary N) is 2. The molecular weight excluding hydrogens is 208 g/mol. The van der Waals surface area contributed by atoms with Gasteiger partial charge in [0.1, 0.15) is 5.56 Å². The van der Waals surface area contributed by atoms with Gasteiger partial charge in [0.05, 0.1) is 5.60 Å². The van der Waals surface area contributed by atoms with Gasteiger partial charge < -0.3 is 15.4 Å². The maximum atomic E-state index is 11.6. The van der Waals surface area contributed by atoms with Crippen LogP contribution in [0.25, 0.3) is 0 Å². The molecule has 0 spiro atoms. The average molecular weight is 222 g/mol. The van der Waals surface area contributed by atoms with Crippen LogP contribution in [0.2, 0.25) is 0 Å². The van der Waals surface area contributed by atoms with Gasteiger partial charge in [-0.3, -0.25) is 9.59 Å². The Balaban J connectivity index is 1.98. The van der Waals surface area contributed by atoms with Gasteiger partial charge in [0.15, 0.2) is 0 Å². The molecule has 5 nitrogen and oxygen atoms in total. The van der Waals surface area contributed by atoms with Crippen molar-refractivity contribution in [3.63, 3.8) is 0 Å². The van der Waals surface area contributed by atoms with Crippen molar-refractivity contribution in [2.45, 2.75) is 24.9 Å². The summed E-state index contributed by atoms with van der Waals surface area (Å²) in [6.07, 6.45) is 3.87. The molecule has 1 fully saturated rings. The Morgan fingerprint density at radius 1 is 1.56 bits per heavy atom. The van der Waals surface area contributed by atoms with Crippen LogP contribution in [-0.4, -0.2) is 28.1 Å². The number of aromatic nitrogens is 1. The Morgan fingerprint density at radius 3 is 2.88 bits per heavy atom. The highest BCUT2D eigenvalue weighted by molar-refractivity contribution is 5.93. The Hall–Kier alpha value is -1.62. The fraction of sp³-hybridized carbons (Fsp3) is 0.455. The maximum absolute atomic E-state index is 11.6. The third kappa shape index (κ3) is 2.14. The normalized spacial score (nSPS) is 17.6. The maximum Gasteiger partial charge on any atom is 0.260 e. The SMILES string of the molecule is O=C(NCC1(O)CCC1)c1ccc[nH]c1=O. The van der Waals surface area contributed by atoms with E-state index in [1.54, 1.807) is 6.07 Å². The summed E-state index contributed by atoms with van der Waals surface area (Å²) in [4.78, 5) is 25.3. The van der Waals surface area contributed by atoms with E-state index in [-0.39, 0.29) is 12.1 Å². The molecule has 2 rings (SSSR count). The molecular formula is C11H14N2O3. The molecule has 1 amide bonds. The molecule has 0 bridgehead atoms. The summed E-state index contributed by atoms with van der Waals surface area (Å²) < 4.78 is 0. The second-order valence-electron chi connectivity index (χ2n) is 4.17. The van der Waals surface area contributed by atoms with Crippen LogP contribution in [0.1, 0.15) is 29.6 Å². The second-order valence-corrected chi connectivity index (χ2v) is 4.17. The molecule has 1 aliphatic rings. The number of H-pyrrole nitrogens is 1. The molecule has 1 heterocycles. The standard InChI is InChI=1S/C11H14N2O3/c14-9-8(3-1-6-12-9)10(15)13-7-11(16)4-2-5-11/h1,3,6,16H,2,4-5,7H2,(H,12,14)(H,13,15). The van der Waals surface area contributed by atoms with Gasteiger partial charge in [0.2, 0.25) is 0 Å². The average Bonchev–Trinajstić information content (AvgIpc) is 2.24. The number of aromatic amines is 1. The lowest BCUT2D eigenvalue weighted by atomic mass is 9.80. The number of pyridine rings is 1. The molecule has 1 aromatic heterocycles. The summed E-state index contributed by atoms with van der Waals surface area (Å²) in [5.41, 5.74) is -1.11. The zero-order chi connectivity index (χ0) is 11.6. The first-order valence-electron chi connectivity index (χ1n) is 5.29. The van der Waals surface area contributed by atoms with Gasteiger partial charge in [-0.05, 0) is 31.4 Å². The van der Waals surface area contributed by atoms with E-state index in [4.69, 9.17) is 0 Å². The molecule has 16 heavy (non-hydrogen) atoms. The van der Waals surface area contributed by atoms with Gasteiger partial charge in [-0.15, -0.1) is 0 Å². The van der Waals surface area contributed by atoms with Crippen LogP contribution >= 0.6 is 0 Å². The van der Waals surface area contributed by atoms with E-state index >= 15 is 0 Å². The quantitative estimate of drug-likeness (QED) is 0.674. The molecule has 1 aromatic rings.